The smallest absolute Gasteiger partial charge is 0.306 e. The topological polar surface area (TPSA) is 186 Å². The van der Waals surface area contributed by atoms with E-state index in [1.807, 2.05) is 54.7 Å². The first-order chi connectivity index (χ1) is 29.5. The average molecular weight is 873 g/mol. The number of allylic oxidation sites excluding steroid dienone is 20. The number of rotatable bonds is 33. The Hall–Kier alpha value is -3.95. The van der Waals surface area contributed by atoms with Gasteiger partial charge in [-0.25, -0.2) is 0 Å². The van der Waals surface area contributed by atoms with Crippen LogP contribution >= 0.6 is 0 Å². The molecule has 6 atom stereocenters. The van der Waals surface area contributed by atoms with E-state index in [0.717, 1.165) is 64.2 Å². The van der Waals surface area contributed by atoms with Crippen LogP contribution in [0.25, 0.3) is 0 Å². The summed E-state index contributed by atoms with van der Waals surface area (Å²) in [6.45, 7) is 3.38. The number of ether oxygens (including phenoxy) is 4. The Labute approximate surface area is 365 Å². The number of carbonyl (C=O) groups is 2. The molecule has 1 rings (SSSR count). The van der Waals surface area contributed by atoms with Crippen LogP contribution in [0.1, 0.15) is 110 Å². The monoisotopic (exact) mass is 872 g/mol. The molecule has 3 unspecified atom stereocenters. The summed E-state index contributed by atoms with van der Waals surface area (Å²) in [6, 6.07) is 0. The third-order valence-corrected chi connectivity index (χ3v) is 9.66. The number of aliphatic hydroxyl groups is 3. The van der Waals surface area contributed by atoms with Crippen molar-refractivity contribution in [2.75, 3.05) is 19.0 Å². The number of unbranched alkanes of at least 4 members (excludes halogenated alkanes) is 5. The van der Waals surface area contributed by atoms with Crippen LogP contribution in [0.2, 0.25) is 0 Å². The second kappa shape index (κ2) is 36.7. The van der Waals surface area contributed by atoms with Crippen molar-refractivity contribution in [1.29, 1.82) is 0 Å². The highest BCUT2D eigenvalue weighted by Crippen LogP contribution is 2.23. The van der Waals surface area contributed by atoms with E-state index in [9.17, 15) is 37.9 Å². The molecular formula is C48H72O12S. The Balaban J connectivity index is 2.52. The molecule has 4 N–H and O–H groups in total. The largest absolute Gasteiger partial charge is 0.462 e. The van der Waals surface area contributed by atoms with Gasteiger partial charge < -0.3 is 34.3 Å². The quantitative estimate of drug-likeness (QED) is 0.0162. The summed E-state index contributed by atoms with van der Waals surface area (Å²) in [7, 11) is -4.62. The lowest BCUT2D eigenvalue weighted by Crippen LogP contribution is -2.60. The predicted octanol–water partition coefficient (Wildman–Crippen LogP) is 8.61. The highest BCUT2D eigenvalue weighted by molar-refractivity contribution is 7.85. The normalized spacial score (nSPS) is 21.2. The average Bonchev–Trinajstić information content (AvgIpc) is 3.22. The lowest BCUT2D eigenvalue weighted by atomic mass is 10.00. The SMILES string of the molecule is CC/C=C/C=C/C=C/C=C/C=C/CCCC(=O)OC(COC(=O)CCCCCC/C=C/C/C=C/C/C=C/C/C=C/C/C=C/CC)CO[C@H]1O[C@H](CS(=O)(=O)O)[C@@H](O)C(O)C1O. The van der Waals surface area contributed by atoms with E-state index in [4.69, 9.17) is 18.9 Å². The van der Waals surface area contributed by atoms with Crippen molar-refractivity contribution < 1.29 is 56.8 Å². The standard InChI is InChI=1S/C48H72O12S/c1-3-5-7-9-11-13-15-17-18-19-20-21-22-23-25-26-28-30-32-34-36-43(49)57-38-41(39-58-48-47(53)46(52)45(51)42(60-48)40-61(54,55)56)59-44(50)37-35-33-31-29-27-24-16-14-12-10-8-6-4-2/h5-8,10-14,16-18,20-21,23-25,27,29,31,41-42,45-48,51-53H,3-4,9,15,19,22,26,28,30,32-40H2,1-2H3,(H,54,55,56)/b7-5+,8-6+,12-10+,13-11+,16-14+,18-17+,21-20+,25-23+,27-24+,31-29+/t41?,42-,45-,46?,47?,48+/m1/s1. The van der Waals surface area contributed by atoms with E-state index in [1.54, 1.807) is 0 Å². The first kappa shape index (κ1) is 55.1. The van der Waals surface area contributed by atoms with Gasteiger partial charge in [-0.15, -0.1) is 0 Å². The van der Waals surface area contributed by atoms with Gasteiger partial charge in [0.15, 0.2) is 12.4 Å². The molecular weight excluding hydrogens is 801 g/mol. The first-order valence-corrected chi connectivity index (χ1v) is 23.3. The molecule has 0 amide bonds. The van der Waals surface area contributed by atoms with E-state index < -0.39 is 71.2 Å². The van der Waals surface area contributed by atoms with Gasteiger partial charge in [-0.2, -0.15) is 8.42 Å². The summed E-state index contributed by atoms with van der Waals surface area (Å²) in [5, 5.41) is 30.8. The number of hydrogen-bond acceptors (Lipinski definition) is 11. The summed E-state index contributed by atoms with van der Waals surface area (Å²) in [4.78, 5) is 25.3. The van der Waals surface area contributed by atoms with E-state index >= 15 is 0 Å². The molecule has 0 spiro atoms. The van der Waals surface area contributed by atoms with Gasteiger partial charge in [0.05, 0.1) is 6.61 Å². The summed E-state index contributed by atoms with van der Waals surface area (Å²) in [5.74, 6) is -2.14. The maximum atomic E-state index is 12.7. The van der Waals surface area contributed by atoms with Crippen LogP contribution in [-0.4, -0.2) is 96.0 Å². The van der Waals surface area contributed by atoms with Gasteiger partial charge in [0.25, 0.3) is 10.1 Å². The number of carbonyl (C=O) groups excluding carboxylic acids is 2. The van der Waals surface area contributed by atoms with Gasteiger partial charge in [-0.1, -0.05) is 148 Å². The minimum Gasteiger partial charge on any atom is -0.462 e. The van der Waals surface area contributed by atoms with Gasteiger partial charge in [0.1, 0.15) is 36.8 Å². The Kier molecular flexibility index (Phi) is 33.1. The molecule has 0 aromatic heterocycles. The Morgan fingerprint density at radius 1 is 0.574 bits per heavy atom. The highest BCUT2D eigenvalue weighted by atomic mass is 32.2. The third-order valence-electron chi connectivity index (χ3n) is 8.91. The number of esters is 2. The zero-order valence-corrected chi connectivity index (χ0v) is 37.0. The fraction of sp³-hybridized carbons (Fsp3) is 0.542. The lowest BCUT2D eigenvalue weighted by molar-refractivity contribution is -0.297. The molecule has 0 aliphatic carbocycles. The molecule has 12 nitrogen and oxygen atoms in total. The van der Waals surface area contributed by atoms with Crippen LogP contribution < -0.4 is 0 Å². The number of aliphatic hydroxyl groups excluding tert-OH is 3. The second-order valence-electron chi connectivity index (χ2n) is 14.4. The van der Waals surface area contributed by atoms with Crippen molar-refractivity contribution in [2.45, 2.75) is 147 Å². The van der Waals surface area contributed by atoms with Crippen LogP contribution in [0.5, 0.6) is 0 Å². The van der Waals surface area contributed by atoms with Crippen LogP contribution in [0.15, 0.2) is 122 Å². The molecule has 0 bridgehead atoms. The predicted molar refractivity (Wildman–Crippen MR) is 242 cm³/mol. The summed E-state index contributed by atoms with van der Waals surface area (Å²) >= 11 is 0. The zero-order valence-electron chi connectivity index (χ0n) is 36.2. The fourth-order valence-corrected chi connectivity index (χ4v) is 6.30. The Morgan fingerprint density at radius 2 is 1.08 bits per heavy atom. The Bertz CT molecular complexity index is 1580. The van der Waals surface area contributed by atoms with Crippen LogP contribution in [0, 0.1) is 0 Å². The molecule has 342 valence electrons. The van der Waals surface area contributed by atoms with E-state index in [1.165, 1.54) is 0 Å². The van der Waals surface area contributed by atoms with Crippen molar-refractivity contribution in [1.82, 2.24) is 0 Å². The summed E-state index contributed by atoms with van der Waals surface area (Å²) in [5.41, 5.74) is 0. The molecule has 1 heterocycles. The van der Waals surface area contributed by atoms with E-state index in [2.05, 4.69) is 80.7 Å². The molecule has 61 heavy (non-hydrogen) atoms. The van der Waals surface area contributed by atoms with Crippen LogP contribution in [0.4, 0.5) is 0 Å². The van der Waals surface area contributed by atoms with Crippen molar-refractivity contribution >= 4 is 22.1 Å². The molecule has 0 aromatic carbocycles. The van der Waals surface area contributed by atoms with Gasteiger partial charge in [0, 0.05) is 12.8 Å². The van der Waals surface area contributed by atoms with E-state index in [0.29, 0.717) is 19.3 Å². The minimum absolute atomic E-state index is 0.0536. The fourth-order valence-electron chi connectivity index (χ4n) is 5.61. The highest BCUT2D eigenvalue weighted by Gasteiger charge is 2.46. The Morgan fingerprint density at radius 3 is 1.67 bits per heavy atom. The first-order valence-electron chi connectivity index (χ1n) is 21.7. The number of hydrogen-bond donors (Lipinski definition) is 4. The van der Waals surface area contributed by atoms with Crippen molar-refractivity contribution in [3.63, 3.8) is 0 Å². The van der Waals surface area contributed by atoms with E-state index in [-0.39, 0.29) is 19.4 Å². The van der Waals surface area contributed by atoms with Gasteiger partial charge in [0.2, 0.25) is 0 Å². The summed E-state index contributed by atoms with van der Waals surface area (Å²) in [6.07, 6.45) is 42.6. The minimum atomic E-state index is -4.62. The zero-order chi connectivity index (χ0) is 44.8. The van der Waals surface area contributed by atoms with Gasteiger partial charge in [-0.3, -0.25) is 14.1 Å². The molecule has 0 radical (unpaired) electrons. The maximum absolute atomic E-state index is 12.7. The van der Waals surface area contributed by atoms with Crippen molar-refractivity contribution in [3.8, 4) is 0 Å². The maximum Gasteiger partial charge on any atom is 0.306 e. The van der Waals surface area contributed by atoms with Gasteiger partial charge >= 0.3 is 11.9 Å². The molecule has 1 aliphatic heterocycles. The second-order valence-corrected chi connectivity index (χ2v) is 15.9. The van der Waals surface area contributed by atoms with Crippen LogP contribution in [0.3, 0.4) is 0 Å². The summed E-state index contributed by atoms with van der Waals surface area (Å²) < 4.78 is 53.9. The molecule has 0 aromatic rings. The lowest BCUT2D eigenvalue weighted by Gasteiger charge is -2.40. The van der Waals surface area contributed by atoms with Crippen LogP contribution in [-0.2, 0) is 38.7 Å². The van der Waals surface area contributed by atoms with Crippen molar-refractivity contribution in [3.05, 3.63) is 122 Å². The van der Waals surface area contributed by atoms with Crippen molar-refractivity contribution in [2.24, 2.45) is 0 Å². The molecule has 1 saturated heterocycles. The third kappa shape index (κ3) is 31.5. The molecule has 1 aliphatic rings. The molecule has 13 heteroatoms. The molecule has 0 saturated carbocycles. The van der Waals surface area contributed by atoms with Gasteiger partial charge in [-0.05, 0) is 70.6 Å². The molecule has 1 fully saturated rings.